The van der Waals surface area contributed by atoms with Gasteiger partial charge in [-0.15, -0.1) is 0 Å². The summed E-state index contributed by atoms with van der Waals surface area (Å²) in [4.78, 5) is 4.67. The highest BCUT2D eigenvalue weighted by Crippen LogP contribution is 2.15. The Morgan fingerprint density at radius 2 is 2.36 bits per heavy atom. The molecule has 0 bridgehead atoms. The Hall–Kier alpha value is -0.590. The Bertz CT molecular complexity index is 209. The van der Waals surface area contributed by atoms with Crippen molar-refractivity contribution < 1.29 is 0 Å². The number of rotatable bonds is 4. The second-order valence-corrected chi connectivity index (χ2v) is 4.67. The standard InChI is InChI=1S/C11H21N3/c1-10(6-12)7-14(3)9-11-4-5-13(2)8-11/h10-11H,4-5,7-9H2,1-3H3. The van der Waals surface area contributed by atoms with E-state index in [-0.39, 0.29) is 5.92 Å². The van der Waals surface area contributed by atoms with E-state index in [1.165, 1.54) is 19.5 Å². The minimum absolute atomic E-state index is 0.152. The highest BCUT2D eigenvalue weighted by atomic mass is 15.1. The first-order valence-electron chi connectivity index (χ1n) is 5.38. The van der Waals surface area contributed by atoms with Gasteiger partial charge in [0.25, 0.3) is 0 Å². The maximum Gasteiger partial charge on any atom is 0.0666 e. The summed E-state index contributed by atoms with van der Waals surface area (Å²) in [6, 6.07) is 2.28. The molecule has 2 atom stereocenters. The van der Waals surface area contributed by atoms with E-state index in [4.69, 9.17) is 5.26 Å². The lowest BCUT2D eigenvalue weighted by Crippen LogP contribution is -2.30. The lowest BCUT2D eigenvalue weighted by molar-refractivity contribution is 0.259. The predicted octanol–water partition coefficient (Wildman–Crippen LogP) is 1.03. The van der Waals surface area contributed by atoms with E-state index < -0.39 is 0 Å². The van der Waals surface area contributed by atoms with E-state index in [2.05, 4.69) is 30.0 Å². The van der Waals surface area contributed by atoms with Crippen LogP contribution in [0, 0.1) is 23.2 Å². The molecule has 0 aromatic heterocycles. The van der Waals surface area contributed by atoms with Crippen LogP contribution in [0.3, 0.4) is 0 Å². The van der Waals surface area contributed by atoms with Crippen LogP contribution in [-0.2, 0) is 0 Å². The molecule has 2 unspecified atom stereocenters. The fourth-order valence-corrected chi connectivity index (χ4v) is 2.20. The molecule has 1 saturated heterocycles. The van der Waals surface area contributed by atoms with Gasteiger partial charge in [-0.25, -0.2) is 0 Å². The Balaban J connectivity index is 2.21. The fraction of sp³-hybridized carbons (Fsp3) is 0.909. The highest BCUT2D eigenvalue weighted by molar-refractivity contribution is 4.82. The Morgan fingerprint density at radius 1 is 1.64 bits per heavy atom. The van der Waals surface area contributed by atoms with Gasteiger partial charge in [0.15, 0.2) is 0 Å². The SMILES string of the molecule is CC(C#N)CN(C)CC1CCN(C)C1. The van der Waals surface area contributed by atoms with E-state index in [9.17, 15) is 0 Å². The van der Waals surface area contributed by atoms with E-state index in [0.29, 0.717) is 0 Å². The average molecular weight is 195 g/mol. The topological polar surface area (TPSA) is 30.3 Å². The third-order valence-electron chi connectivity index (χ3n) is 2.86. The summed E-state index contributed by atoms with van der Waals surface area (Å²) in [6.07, 6.45) is 1.31. The fourth-order valence-electron chi connectivity index (χ4n) is 2.20. The number of hydrogen-bond acceptors (Lipinski definition) is 3. The lowest BCUT2D eigenvalue weighted by atomic mass is 10.1. The van der Waals surface area contributed by atoms with Crippen molar-refractivity contribution in [3.8, 4) is 6.07 Å². The van der Waals surface area contributed by atoms with Crippen LogP contribution in [0.4, 0.5) is 0 Å². The summed E-state index contributed by atoms with van der Waals surface area (Å²) in [5.74, 6) is 0.954. The molecule has 0 spiro atoms. The molecule has 0 radical (unpaired) electrons. The third kappa shape index (κ3) is 3.65. The van der Waals surface area contributed by atoms with Crippen molar-refractivity contribution in [1.82, 2.24) is 9.80 Å². The van der Waals surface area contributed by atoms with Gasteiger partial charge < -0.3 is 9.80 Å². The molecule has 1 aliphatic heterocycles. The van der Waals surface area contributed by atoms with Crippen molar-refractivity contribution in [3.05, 3.63) is 0 Å². The van der Waals surface area contributed by atoms with Crippen LogP contribution >= 0.6 is 0 Å². The van der Waals surface area contributed by atoms with Crippen LogP contribution in [0.5, 0.6) is 0 Å². The van der Waals surface area contributed by atoms with Crippen LogP contribution in [0.15, 0.2) is 0 Å². The molecule has 0 aromatic rings. The maximum atomic E-state index is 8.70. The molecular weight excluding hydrogens is 174 g/mol. The number of nitriles is 1. The molecule has 1 fully saturated rings. The first kappa shape index (κ1) is 11.5. The predicted molar refractivity (Wildman–Crippen MR) is 57.9 cm³/mol. The van der Waals surface area contributed by atoms with Gasteiger partial charge in [-0.1, -0.05) is 0 Å². The lowest BCUT2D eigenvalue weighted by Gasteiger charge is -2.21. The van der Waals surface area contributed by atoms with Crippen molar-refractivity contribution in [2.75, 3.05) is 40.3 Å². The van der Waals surface area contributed by atoms with E-state index >= 15 is 0 Å². The zero-order chi connectivity index (χ0) is 10.6. The summed E-state index contributed by atoms with van der Waals surface area (Å²) in [5.41, 5.74) is 0. The van der Waals surface area contributed by atoms with Crippen LogP contribution < -0.4 is 0 Å². The number of likely N-dealkylation sites (tertiary alicyclic amines) is 1. The minimum atomic E-state index is 0.152. The zero-order valence-corrected chi connectivity index (χ0v) is 9.53. The zero-order valence-electron chi connectivity index (χ0n) is 9.53. The molecule has 1 aliphatic rings. The Kier molecular flexibility index (Phi) is 4.37. The van der Waals surface area contributed by atoms with Crippen molar-refractivity contribution in [2.24, 2.45) is 11.8 Å². The van der Waals surface area contributed by atoms with Crippen LogP contribution in [0.2, 0.25) is 0 Å². The molecule has 0 amide bonds. The molecular formula is C11H21N3. The normalized spacial score (nSPS) is 25.2. The smallest absolute Gasteiger partial charge is 0.0666 e. The maximum absolute atomic E-state index is 8.70. The van der Waals surface area contributed by atoms with Crippen LogP contribution in [0.25, 0.3) is 0 Å². The van der Waals surface area contributed by atoms with Gasteiger partial charge in [-0.05, 0) is 39.9 Å². The molecule has 1 heterocycles. The molecule has 1 rings (SSSR count). The van der Waals surface area contributed by atoms with Gasteiger partial charge >= 0.3 is 0 Å². The van der Waals surface area contributed by atoms with E-state index in [1.54, 1.807) is 0 Å². The first-order valence-corrected chi connectivity index (χ1v) is 5.38. The molecule has 0 N–H and O–H groups in total. The van der Waals surface area contributed by atoms with Crippen LogP contribution in [-0.4, -0.2) is 50.1 Å². The highest BCUT2D eigenvalue weighted by Gasteiger charge is 2.20. The average Bonchev–Trinajstić information content (AvgIpc) is 2.50. The summed E-state index contributed by atoms with van der Waals surface area (Å²) in [5, 5.41) is 8.70. The molecule has 14 heavy (non-hydrogen) atoms. The minimum Gasteiger partial charge on any atom is -0.306 e. The number of hydrogen-bond donors (Lipinski definition) is 0. The van der Waals surface area contributed by atoms with Gasteiger partial charge in [0.2, 0.25) is 0 Å². The molecule has 3 nitrogen and oxygen atoms in total. The van der Waals surface area contributed by atoms with Gasteiger partial charge in [-0.2, -0.15) is 5.26 Å². The second-order valence-electron chi connectivity index (χ2n) is 4.67. The molecule has 0 aliphatic carbocycles. The van der Waals surface area contributed by atoms with Crippen LogP contribution in [0.1, 0.15) is 13.3 Å². The quantitative estimate of drug-likeness (QED) is 0.671. The van der Waals surface area contributed by atoms with Gasteiger partial charge in [-0.3, -0.25) is 0 Å². The van der Waals surface area contributed by atoms with Gasteiger partial charge in [0.1, 0.15) is 0 Å². The van der Waals surface area contributed by atoms with Crippen molar-refractivity contribution in [2.45, 2.75) is 13.3 Å². The first-order chi connectivity index (χ1) is 6.61. The number of nitrogens with zero attached hydrogens (tertiary/aromatic N) is 3. The summed E-state index contributed by atoms with van der Waals surface area (Å²) in [7, 11) is 4.30. The summed E-state index contributed by atoms with van der Waals surface area (Å²) >= 11 is 0. The Morgan fingerprint density at radius 3 is 2.86 bits per heavy atom. The summed E-state index contributed by atoms with van der Waals surface area (Å²) in [6.45, 7) is 6.46. The van der Waals surface area contributed by atoms with Crippen molar-refractivity contribution in [3.63, 3.8) is 0 Å². The van der Waals surface area contributed by atoms with Gasteiger partial charge in [0, 0.05) is 19.6 Å². The molecule has 80 valence electrons. The van der Waals surface area contributed by atoms with E-state index in [0.717, 1.165) is 19.0 Å². The molecule has 0 aromatic carbocycles. The van der Waals surface area contributed by atoms with Crippen molar-refractivity contribution in [1.29, 1.82) is 5.26 Å². The largest absolute Gasteiger partial charge is 0.306 e. The molecule has 0 saturated carbocycles. The molecule has 3 heteroatoms. The van der Waals surface area contributed by atoms with E-state index in [1.807, 2.05) is 6.92 Å². The third-order valence-corrected chi connectivity index (χ3v) is 2.86. The van der Waals surface area contributed by atoms with Crippen molar-refractivity contribution >= 4 is 0 Å². The monoisotopic (exact) mass is 195 g/mol. The van der Waals surface area contributed by atoms with Gasteiger partial charge in [0.05, 0.1) is 12.0 Å². The summed E-state index contributed by atoms with van der Waals surface area (Å²) < 4.78 is 0. The Labute approximate surface area is 87.3 Å². The second kappa shape index (κ2) is 5.33.